The van der Waals surface area contributed by atoms with Gasteiger partial charge in [-0.15, -0.1) is 0 Å². The predicted octanol–water partition coefficient (Wildman–Crippen LogP) is 8.64. The predicted molar refractivity (Wildman–Crippen MR) is 170 cm³/mol. The summed E-state index contributed by atoms with van der Waals surface area (Å²) in [5, 5.41) is 10.7. The van der Waals surface area contributed by atoms with Crippen LogP contribution in [0.2, 0.25) is 0 Å². The molecule has 43 heavy (non-hydrogen) atoms. The molecule has 0 saturated carbocycles. The van der Waals surface area contributed by atoms with Gasteiger partial charge in [0.1, 0.15) is 36.9 Å². The molecule has 216 valence electrons. The molecule has 0 saturated heterocycles. The van der Waals surface area contributed by atoms with Crippen LogP contribution in [0.15, 0.2) is 121 Å². The van der Waals surface area contributed by atoms with Crippen molar-refractivity contribution < 1.29 is 24.1 Å². The Morgan fingerprint density at radius 3 is 1.72 bits per heavy atom. The molecule has 5 rings (SSSR count). The van der Waals surface area contributed by atoms with Crippen molar-refractivity contribution >= 4 is 11.9 Å². The second-order valence-electron chi connectivity index (χ2n) is 10.3. The highest BCUT2D eigenvalue weighted by molar-refractivity contribution is 6.10. The first-order valence-electron chi connectivity index (χ1n) is 14.2. The molecule has 0 aliphatic heterocycles. The highest BCUT2D eigenvalue weighted by Crippen LogP contribution is 2.36. The van der Waals surface area contributed by atoms with Crippen molar-refractivity contribution in [2.45, 2.75) is 33.7 Å². The first kappa shape index (κ1) is 29.2. The van der Waals surface area contributed by atoms with E-state index in [1.54, 1.807) is 18.2 Å². The van der Waals surface area contributed by atoms with Crippen molar-refractivity contribution in [3.05, 3.63) is 160 Å². The Morgan fingerprint density at radius 1 is 0.651 bits per heavy atom. The van der Waals surface area contributed by atoms with E-state index in [2.05, 4.69) is 0 Å². The highest BCUT2D eigenvalue weighted by atomic mass is 16.5. The summed E-state index contributed by atoms with van der Waals surface area (Å²) in [6, 6.07) is 36.7. The van der Waals surface area contributed by atoms with E-state index < -0.39 is 0 Å². The van der Waals surface area contributed by atoms with Crippen LogP contribution >= 0.6 is 0 Å². The van der Waals surface area contributed by atoms with Crippen molar-refractivity contribution in [1.82, 2.24) is 0 Å². The van der Waals surface area contributed by atoms with Crippen LogP contribution in [0.5, 0.6) is 23.0 Å². The fraction of sp³-hybridized carbons (Fsp3) is 0.132. The maximum atomic E-state index is 13.4. The molecule has 0 fully saturated rings. The fourth-order valence-electron chi connectivity index (χ4n) is 4.70. The van der Waals surface area contributed by atoms with Gasteiger partial charge in [0.15, 0.2) is 17.3 Å². The minimum Gasteiger partial charge on any atom is -0.507 e. The first-order chi connectivity index (χ1) is 21.0. The third kappa shape index (κ3) is 7.72. The van der Waals surface area contributed by atoms with Crippen LogP contribution in [0.4, 0.5) is 0 Å². The first-order valence-corrected chi connectivity index (χ1v) is 14.2. The number of ketones is 1. The zero-order valence-electron chi connectivity index (χ0n) is 24.3. The SMILES string of the molecule is Cc1cc(O)c(C(=O)C=Cc2ccc(OCc3ccccc3)c(OCc3ccccc3)c2C)c(OCc2ccccc2)c1. The second kappa shape index (κ2) is 14.1. The summed E-state index contributed by atoms with van der Waals surface area (Å²) in [5.41, 5.74) is 5.59. The molecule has 0 amide bonds. The highest BCUT2D eigenvalue weighted by Gasteiger charge is 2.18. The quantitative estimate of drug-likeness (QED) is 0.120. The van der Waals surface area contributed by atoms with Crippen molar-refractivity contribution in [2.24, 2.45) is 0 Å². The normalized spacial score (nSPS) is 10.9. The number of carbonyl (C=O) groups excluding carboxylic acids is 1. The number of benzene rings is 5. The van der Waals surface area contributed by atoms with Crippen molar-refractivity contribution in [1.29, 1.82) is 0 Å². The van der Waals surface area contributed by atoms with Gasteiger partial charge in [-0.25, -0.2) is 0 Å². The monoisotopic (exact) mass is 570 g/mol. The number of phenolic OH excluding ortho intramolecular Hbond substituents is 1. The molecule has 5 aromatic carbocycles. The molecule has 0 heterocycles. The lowest BCUT2D eigenvalue weighted by atomic mass is 10.0. The van der Waals surface area contributed by atoms with Gasteiger partial charge in [0.25, 0.3) is 0 Å². The van der Waals surface area contributed by atoms with Gasteiger partial charge in [-0.1, -0.05) is 103 Å². The number of hydrogen-bond donors (Lipinski definition) is 1. The van der Waals surface area contributed by atoms with Crippen molar-refractivity contribution in [3.63, 3.8) is 0 Å². The minimum atomic E-state index is -0.365. The Bertz CT molecular complexity index is 1690. The lowest BCUT2D eigenvalue weighted by Gasteiger charge is -2.17. The van der Waals surface area contributed by atoms with E-state index in [9.17, 15) is 9.90 Å². The van der Waals surface area contributed by atoms with Gasteiger partial charge in [-0.2, -0.15) is 0 Å². The molecular formula is C38H34O5. The van der Waals surface area contributed by atoms with Gasteiger partial charge in [0.05, 0.1) is 0 Å². The van der Waals surface area contributed by atoms with E-state index in [4.69, 9.17) is 14.2 Å². The van der Waals surface area contributed by atoms with Crippen molar-refractivity contribution in [3.8, 4) is 23.0 Å². The lowest BCUT2D eigenvalue weighted by Crippen LogP contribution is -2.04. The Balaban J connectivity index is 1.40. The molecule has 0 aromatic heterocycles. The van der Waals surface area contributed by atoms with E-state index >= 15 is 0 Å². The molecular weight excluding hydrogens is 536 g/mol. The smallest absolute Gasteiger partial charge is 0.193 e. The van der Waals surface area contributed by atoms with Crippen LogP contribution in [0.25, 0.3) is 6.08 Å². The molecule has 0 aliphatic carbocycles. The largest absolute Gasteiger partial charge is 0.507 e. The van der Waals surface area contributed by atoms with E-state index in [-0.39, 0.29) is 23.7 Å². The number of phenols is 1. The summed E-state index contributed by atoms with van der Waals surface area (Å²) in [4.78, 5) is 13.4. The van der Waals surface area contributed by atoms with Crippen LogP contribution in [-0.4, -0.2) is 10.9 Å². The zero-order valence-corrected chi connectivity index (χ0v) is 24.3. The Morgan fingerprint density at radius 2 is 1.16 bits per heavy atom. The molecule has 0 unspecified atom stereocenters. The summed E-state index contributed by atoms with van der Waals surface area (Å²) in [6.07, 6.45) is 3.18. The van der Waals surface area contributed by atoms with Crippen LogP contribution in [0.3, 0.4) is 0 Å². The number of aryl methyl sites for hydroxylation is 1. The number of hydrogen-bond acceptors (Lipinski definition) is 5. The number of ether oxygens (including phenoxy) is 3. The topological polar surface area (TPSA) is 65.0 Å². The van der Waals surface area contributed by atoms with E-state index in [1.165, 1.54) is 6.08 Å². The third-order valence-electron chi connectivity index (χ3n) is 7.00. The summed E-state index contributed by atoms with van der Waals surface area (Å²) in [6.45, 7) is 4.83. The van der Waals surface area contributed by atoms with Crippen LogP contribution in [0, 0.1) is 13.8 Å². The van der Waals surface area contributed by atoms with Gasteiger partial charge in [-0.05, 0) is 65.9 Å². The Labute approximate surface area is 252 Å². The summed E-state index contributed by atoms with van der Waals surface area (Å²) in [5.74, 6) is 1.08. The number of carbonyl (C=O) groups is 1. The van der Waals surface area contributed by atoms with Crippen LogP contribution in [-0.2, 0) is 19.8 Å². The standard InChI is InChI=1S/C38H34O5/c1-27-22-34(40)37(36(23-27)42-25-30-14-8-4-9-15-30)33(39)20-18-32-19-21-35(41-24-29-12-6-3-7-13-29)38(28(32)2)43-26-31-16-10-5-11-17-31/h3-23,40H,24-26H2,1-2H3. The fourth-order valence-corrected chi connectivity index (χ4v) is 4.70. The Hall–Kier alpha value is -5.29. The molecule has 0 radical (unpaired) electrons. The van der Waals surface area contributed by atoms with Gasteiger partial charge in [0.2, 0.25) is 0 Å². The lowest BCUT2D eigenvalue weighted by molar-refractivity contribution is 0.104. The maximum absolute atomic E-state index is 13.4. The van der Waals surface area contributed by atoms with Gasteiger partial charge in [0, 0.05) is 5.56 Å². The van der Waals surface area contributed by atoms with Gasteiger partial charge < -0.3 is 19.3 Å². The average Bonchev–Trinajstić information content (AvgIpc) is 3.03. The minimum absolute atomic E-state index is 0.119. The van der Waals surface area contributed by atoms with Crippen molar-refractivity contribution in [2.75, 3.05) is 0 Å². The maximum Gasteiger partial charge on any atom is 0.193 e. The molecule has 5 nitrogen and oxygen atoms in total. The van der Waals surface area contributed by atoms with Crippen LogP contribution in [0.1, 0.15) is 43.7 Å². The summed E-state index contributed by atoms with van der Waals surface area (Å²) in [7, 11) is 0. The molecule has 5 heteroatoms. The second-order valence-corrected chi connectivity index (χ2v) is 10.3. The summed E-state index contributed by atoms with van der Waals surface area (Å²) < 4.78 is 18.5. The number of allylic oxidation sites excluding steroid dienone is 1. The third-order valence-corrected chi connectivity index (χ3v) is 7.00. The average molecular weight is 571 g/mol. The molecule has 0 bridgehead atoms. The number of rotatable bonds is 12. The van der Waals surface area contributed by atoms with E-state index in [0.717, 1.165) is 33.4 Å². The summed E-state index contributed by atoms with van der Waals surface area (Å²) >= 11 is 0. The zero-order chi connectivity index (χ0) is 30.0. The van der Waals surface area contributed by atoms with E-state index in [1.807, 2.05) is 117 Å². The van der Waals surface area contributed by atoms with Crippen LogP contribution < -0.4 is 14.2 Å². The van der Waals surface area contributed by atoms with Gasteiger partial charge in [-0.3, -0.25) is 4.79 Å². The van der Waals surface area contributed by atoms with E-state index in [0.29, 0.717) is 30.5 Å². The number of aromatic hydroxyl groups is 1. The van der Waals surface area contributed by atoms with Gasteiger partial charge >= 0.3 is 0 Å². The molecule has 0 spiro atoms. The Kier molecular flexibility index (Phi) is 9.55. The molecule has 0 atom stereocenters. The molecule has 0 aliphatic rings. The molecule has 5 aromatic rings. The molecule has 1 N–H and O–H groups in total.